The van der Waals surface area contributed by atoms with Crippen molar-refractivity contribution in [1.82, 2.24) is 39.7 Å². The molecule has 4 heterocycles. The van der Waals surface area contributed by atoms with Crippen molar-refractivity contribution < 1.29 is 57.6 Å². The van der Waals surface area contributed by atoms with Gasteiger partial charge in [0.25, 0.3) is 11.8 Å². The number of hydrogen-bond donors (Lipinski definition) is 4. The first-order valence-electron chi connectivity index (χ1n) is 21.3. The molecule has 0 radical (unpaired) electrons. The predicted molar refractivity (Wildman–Crippen MR) is 222 cm³/mol. The van der Waals surface area contributed by atoms with Crippen LogP contribution in [0.15, 0.2) is 30.5 Å². The number of hydrogen-bond acceptors (Lipinski definition) is 13. The maximum absolute atomic E-state index is 13.8. The molecule has 19 nitrogen and oxygen atoms in total. The van der Waals surface area contributed by atoms with Crippen molar-refractivity contribution in [3.05, 3.63) is 36.0 Å². The SMILES string of the molecule is N#C[C@@H]1CC(F)(F)CN1C(=O)CNC(=O)c1ccnc2ccc(OCCCCC3CCN(C(=O)CN4CCN(CC(=O)O)CCN(CC(=O)O)CCN(CC(=O)O)CC4)CC3)cc12. The Hall–Kier alpha value is -5.56. The standard InChI is InChI=1S/C42H57F2N9O10/c43-42(44)22-31(23-45)53(29-42)36(54)24-47-41(62)33-6-9-46-35-5-4-32(21-34(33)35)63-20-2-1-3-30-7-10-52(11-8-30)37(55)25-48-12-14-49(26-38(56)57)16-18-51(28-40(60)61)19-17-50(15-13-48)27-39(58)59/h4-6,9,21,30-31H,1-3,7-8,10-20,22,24-29H2,(H,47,62)(H,56,57)(H,58,59)(H,60,61)/t31-/m0/s1. The van der Waals surface area contributed by atoms with Crippen LogP contribution in [0.2, 0.25) is 0 Å². The number of carbonyl (C=O) groups excluding carboxylic acids is 3. The van der Waals surface area contributed by atoms with Crippen LogP contribution in [0.4, 0.5) is 8.78 Å². The van der Waals surface area contributed by atoms with Crippen LogP contribution in [-0.2, 0) is 24.0 Å². The Kier molecular flexibility index (Phi) is 17.9. The molecule has 0 bridgehead atoms. The molecule has 344 valence electrons. The molecule has 1 aromatic heterocycles. The lowest BCUT2D eigenvalue weighted by Gasteiger charge is -2.35. The van der Waals surface area contributed by atoms with Gasteiger partial charge >= 0.3 is 17.9 Å². The van der Waals surface area contributed by atoms with E-state index in [0.29, 0.717) is 94.6 Å². The molecule has 3 aliphatic heterocycles. The molecule has 63 heavy (non-hydrogen) atoms. The molecule has 3 saturated heterocycles. The molecule has 3 amide bonds. The van der Waals surface area contributed by atoms with Crippen molar-refractivity contribution in [2.75, 3.05) is 111 Å². The zero-order valence-corrected chi connectivity index (χ0v) is 35.3. The van der Waals surface area contributed by atoms with E-state index in [-0.39, 0.29) is 37.6 Å². The molecule has 0 unspecified atom stereocenters. The lowest BCUT2D eigenvalue weighted by Crippen LogP contribution is -2.50. The maximum Gasteiger partial charge on any atom is 0.317 e. The van der Waals surface area contributed by atoms with Crippen LogP contribution >= 0.6 is 0 Å². The number of nitrogens with one attached hydrogen (secondary N) is 1. The smallest absolute Gasteiger partial charge is 0.317 e. The largest absolute Gasteiger partial charge is 0.494 e. The molecule has 3 fully saturated rings. The fraction of sp³-hybridized carbons (Fsp3) is 0.619. The highest BCUT2D eigenvalue weighted by Gasteiger charge is 2.47. The summed E-state index contributed by atoms with van der Waals surface area (Å²) < 4.78 is 33.7. The van der Waals surface area contributed by atoms with Crippen molar-refractivity contribution in [3.63, 3.8) is 0 Å². The second kappa shape index (κ2) is 23.2. The Balaban J connectivity index is 1.05. The number of aliphatic carboxylic acids is 3. The molecule has 21 heteroatoms. The molecule has 3 aliphatic rings. The van der Waals surface area contributed by atoms with Gasteiger partial charge in [-0.15, -0.1) is 0 Å². The first-order chi connectivity index (χ1) is 30.1. The Bertz CT molecular complexity index is 1950. The van der Waals surface area contributed by atoms with E-state index in [1.54, 1.807) is 39.0 Å². The number of carbonyl (C=O) groups is 6. The van der Waals surface area contributed by atoms with Crippen LogP contribution in [0.5, 0.6) is 5.75 Å². The monoisotopic (exact) mass is 885 g/mol. The summed E-state index contributed by atoms with van der Waals surface area (Å²) >= 11 is 0. The van der Waals surface area contributed by atoms with E-state index in [1.165, 1.54) is 12.3 Å². The average molecular weight is 886 g/mol. The lowest BCUT2D eigenvalue weighted by molar-refractivity contribution is -0.141. The van der Waals surface area contributed by atoms with E-state index in [2.05, 4.69) is 10.3 Å². The van der Waals surface area contributed by atoms with Crippen molar-refractivity contribution in [2.24, 2.45) is 5.92 Å². The van der Waals surface area contributed by atoms with Gasteiger partial charge in [-0.2, -0.15) is 5.26 Å². The first-order valence-corrected chi connectivity index (χ1v) is 21.3. The van der Waals surface area contributed by atoms with E-state index < -0.39 is 61.2 Å². The highest BCUT2D eigenvalue weighted by molar-refractivity contribution is 6.07. The summed E-state index contributed by atoms with van der Waals surface area (Å²) in [5, 5.41) is 40.6. The number of aromatic nitrogens is 1. The predicted octanol–water partition coefficient (Wildman–Crippen LogP) is 0.987. The summed E-state index contributed by atoms with van der Waals surface area (Å²) in [6.07, 6.45) is 5.01. The number of alkyl halides is 2. The summed E-state index contributed by atoms with van der Waals surface area (Å²) in [5.41, 5.74) is 0.744. The number of halogens is 2. The van der Waals surface area contributed by atoms with Crippen LogP contribution in [0.3, 0.4) is 0 Å². The Morgan fingerprint density at radius 1 is 0.778 bits per heavy atom. The van der Waals surface area contributed by atoms with E-state index in [1.807, 2.05) is 9.80 Å². The van der Waals surface area contributed by atoms with Crippen LogP contribution in [0, 0.1) is 17.2 Å². The summed E-state index contributed by atoms with van der Waals surface area (Å²) in [6.45, 7) is 2.23. The second-order valence-corrected chi connectivity index (χ2v) is 16.4. The third-order valence-corrected chi connectivity index (χ3v) is 11.7. The maximum atomic E-state index is 13.8. The highest BCUT2D eigenvalue weighted by atomic mass is 19.3. The van der Waals surface area contributed by atoms with Gasteiger partial charge in [0.2, 0.25) is 11.8 Å². The zero-order valence-electron chi connectivity index (χ0n) is 35.3. The number of amides is 3. The molecule has 4 N–H and O–H groups in total. The normalized spacial score (nSPS) is 20.0. The molecule has 1 aromatic carbocycles. The summed E-state index contributed by atoms with van der Waals surface area (Å²) in [7, 11) is 0. The topological polar surface area (TPSA) is 240 Å². The number of piperidine rings is 1. The average Bonchev–Trinajstić information content (AvgIpc) is 3.57. The van der Waals surface area contributed by atoms with Gasteiger partial charge in [-0.3, -0.25) is 53.4 Å². The molecule has 0 saturated carbocycles. The van der Waals surface area contributed by atoms with Gasteiger partial charge in [-0.05, 0) is 55.9 Å². The minimum Gasteiger partial charge on any atom is -0.494 e. The van der Waals surface area contributed by atoms with Crippen LogP contribution in [0.25, 0.3) is 10.9 Å². The van der Waals surface area contributed by atoms with Crippen molar-refractivity contribution in [1.29, 1.82) is 5.26 Å². The van der Waals surface area contributed by atoms with Gasteiger partial charge in [0.1, 0.15) is 11.8 Å². The minimum absolute atomic E-state index is 0.0426. The van der Waals surface area contributed by atoms with E-state index in [4.69, 9.17) is 4.74 Å². The number of nitriles is 1. The van der Waals surface area contributed by atoms with Crippen LogP contribution in [0.1, 0.15) is 48.9 Å². The third kappa shape index (κ3) is 15.3. The molecular formula is C42H57F2N9O10. The number of pyridine rings is 1. The molecule has 5 rings (SSSR count). The summed E-state index contributed by atoms with van der Waals surface area (Å²) in [6, 6.07) is 7.10. The van der Waals surface area contributed by atoms with E-state index in [0.717, 1.165) is 37.0 Å². The van der Waals surface area contributed by atoms with Crippen LogP contribution < -0.4 is 10.1 Å². The number of fused-ring (bicyclic) bond motifs is 1. The first kappa shape index (κ1) is 48.5. The van der Waals surface area contributed by atoms with Crippen molar-refractivity contribution in [3.8, 4) is 11.8 Å². The van der Waals surface area contributed by atoms with Gasteiger partial charge in [-0.25, -0.2) is 8.78 Å². The fourth-order valence-electron chi connectivity index (χ4n) is 8.23. The van der Waals surface area contributed by atoms with Gasteiger partial charge in [0.15, 0.2) is 0 Å². The number of rotatable bonds is 17. The van der Waals surface area contributed by atoms with E-state index in [9.17, 15) is 58.1 Å². The van der Waals surface area contributed by atoms with Crippen LogP contribution in [-0.4, -0.2) is 209 Å². The van der Waals surface area contributed by atoms with Gasteiger partial charge in [0.05, 0.1) is 63.0 Å². The van der Waals surface area contributed by atoms with Gasteiger partial charge < -0.3 is 35.2 Å². The van der Waals surface area contributed by atoms with Crippen molar-refractivity contribution in [2.45, 2.75) is 50.5 Å². The molecule has 2 aromatic rings. The summed E-state index contributed by atoms with van der Waals surface area (Å²) in [4.78, 5) is 88.0. The lowest BCUT2D eigenvalue weighted by atomic mass is 9.91. The quantitative estimate of drug-likeness (QED) is 0.162. The Morgan fingerprint density at radius 3 is 1.87 bits per heavy atom. The highest BCUT2D eigenvalue weighted by Crippen LogP contribution is 2.32. The zero-order chi connectivity index (χ0) is 45.5. The fourth-order valence-corrected chi connectivity index (χ4v) is 8.23. The number of nitrogens with zero attached hydrogens (tertiary/aromatic N) is 8. The number of benzene rings is 1. The number of unbranched alkanes of at least 4 members (excludes halogenated alkanes) is 1. The number of likely N-dealkylation sites (tertiary alicyclic amines) is 2. The Labute approximate surface area is 364 Å². The number of ether oxygens (including phenoxy) is 1. The molecular weight excluding hydrogens is 829 g/mol. The number of carboxylic acids is 3. The van der Waals surface area contributed by atoms with Crippen molar-refractivity contribution >= 4 is 46.5 Å². The minimum atomic E-state index is -3.16. The van der Waals surface area contributed by atoms with E-state index >= 15 is 0 Å². The molecule has 0 spiro atoms. The molecule has 0 aliphatic carbocycles. The van der Waals surface area contributed by atoms with Gasteiger partial charge in [0, 0.05) is 83.5 Å². The third-order valence-electron chi connectivity index (χ3n) is 11.7. The second-order valence-electron chi connectivity index (χ2n) is 16.4. The molecule has 1 atom stereocenters. The van der Waals surface area contributed by atoms with Gasteiger partial charge in [-0.1, -0.05) is 6.42 Å². The Morgan fingerprint density at radius 2 is 1.33 bits per heavy atom. The number of carboxylic acid groups (broad SMARTS) is 3. The summed E-state index contributed by atoms with van der Waals surface area (Å²) in [5.74, 6) is -6.68.